The third-order valence-electron chi connectivity index (χ3n) is 4.98. The van der Waals surface area contributed by atoms with E-state index in [1.165, 1.54) is 0 Å². The Kier molecular flexibility index (Phi) is 5.96. The molecule has 0 bridgehead atoms. The highest BCUT2D eigenvalue weighted by Crippen LogP contribution is 2.29. The van der Waals surface area contributed by atoms with Crippen LogP contribution in [0.25, 0.3) is 0 Å². The number of piperidine rings is 2. The molecule has 0 spiro atoms. The molecule has 2 aliphatic rings. The lowest BCUT2D eigenvalue weighted by Gasteiger charge is -2.47. The van der Waals surface area contributed by atoms with Gasteiger partial charge >= 0.3 is 6.09 Å². The summed E-state index contributed by atoms with van der Waals surface area (Å²) in [6.45, 7) is 15.4. The van der Waals surface area contributed by atoms with Crippen molar-refractivity contribution in [3.05, 3.63) is 0 Å². The van der Waals surface area contributed by atoms with Gasteiger partial charge in [0.15, 0.2) is 0 Å². The highest BCUT2D eigenvalue weighted by molar-refractivity contribution is 5.80. The molecule has 6 heteroatoms. The zero-order valence-electron chi connectivity index (χ0n) is 17.6. The van der Waals surface area contributed by atoms with E-state index in [9.17, 15) is 9.59 Å². The van der Waals surface area contributed by atoms with E-state index < -0.39 is 5.60 Å². The molecule has 2 amide bonds. The SMILES string of the molecule is CC1(C)CC(NC(=O)C2CCCN(C(=O)OC(C)(C)C)C2)CC(C)(C)N1. The lowest BCUT2D eigenvalue weighted by atomic mass is 9.79. The smallest absolute Gasteiger partial charge is 0.410 e. The molecule has 2 saturated heterocycles. The number of hydrogen-bond acceptors (Lipinski definition) is 4. The fourth-order valence-corrected chi connectivity index (χ4v) is 4.43. The summed E-state index contributed by atoms with van der Waals surface area (Å²) in [5.41, 5.74) is -0.526. The Morgan fingerprint density at radius 3 is 2.23 bits per heavy atom. The minimum Gasteiger partial charge on any atom is -0.444 e. The van der Waals surface area contributed by atoms with Crippen LogP contribution in [0.4, 0.5) is 4.79 Å². The summed E-state index contributed by atoms with van der Waals surface area (Å²) < 4.78 is 5.46. The predicted molar refractivity (Wildman–Crippen MR) is 103 cm³/mol. The molecule has 6 nitrogen and oxygen atoms in total. The van der Waals surface area contributed by atoms with Gasteiger partial charge in [0.25, 0.3) is 0 Å². The Morgan fingerprint density at radius 1 is 1.12 bits per heavy atom. The van der Waals surface area contributed by atoms with Crippen molar-refractivity contribution in [3.8, 4) is 0 Å². The van der Waals surface area contributed by atoms with Crippen LogP contribution in [-0.2, 0) is 9.53 Å². The maximum absolute atomic E-state index is 12.8. The van der Waals surface area contributed by atoms with Gasteiger partial charge in [0.05, 0.1) is 5.92 Å². The van der Waals surface area contributed by atoms with Crippen molar-refractivity contribution in [3.63, 3.8) is 0 Å². The molecule has 1 unspecified atom stereocenters. The molecule has 2 rings (SSSR count). The number of ether oxygens (including phenoxy) is 1. The first-order valence-corrected chi connectivity index (χ1v) is 9.84. The summed E-state index contributed by atoms with van der Waals surface area (Å²) >= 11 is 0. The van der Waals surface area contributed by atoms with Crippen molar-refractivity contribution in [2.24, 2.45) is 5.92 Å². The molecule has 150 valence electrons. The Hall–Kier alpha value is -1.30. The van der Waals surface area contributed by atoms with Gasteiger partial charge in [-0.25, -0.2) is 4.79 Å². The largest absolute Gasteiger partial charge is 0.444 e. The van der Waals surface area contributed by atoms with E-state index in [1.807, 2.05) is 20.8 Å². The van der Waals surface area contributed by atoms with Crippen LogP contribution in [0.2, 0.25) is 0 Å². The van der Waals surface area contributed by atoms with Crippen molar-refractivity contribution in [2.75, 3.05) is 13.1 Å². The first-order valence-electron chi connectivity index (χ1n) is 9.84. The van der Waals surface area contributed by atoms with Gasteiger partial charge in [0.2, 0.25) is 5.91 Å². The molecule has 0 radical (unpaired) electrons. The minimum absolute atomic E-state index is 0.00515. The monoisotopic (exact) mass is 367 g/mol. The number of rotatable bonds is 2. The van der Waals surface area contributed by atoms with Crippen molar-refractivity contribution >= 4 is 12.0 Å². The number of nitrogens with zero attached hydrogens (tertiary/aromatic N) is 1. The predicted octanol–water partition coefficient (Wildman–Crippen LogP) is 3.06. The zero-order valence-corrected chi connectivity index (χ0v) is 17.6. The van der Waals surface area contributed by atoms with Crippen LogP contribution in [0.5, 0.6) is 0 Å². The number of hydrogen-bond donors (Lipinski definition) is 2. The van der Waals surface area contributed by atoms with Crippen LogP contribution in [0.1, 0.15) is 74.1 Å². The second-order valence-electron chi connectivity index (χ2n) is 10.3. The van der Waals surface area contributed by atoms with Gasteiger partial charge < -0.3 is 20.3 Å². The fraction of sp³-hybridized carbons (Fsp3) is 0.900. The van der Waals surface area contributed by atoms with Gasteiger partial charge in [-0.3, -0.25) is 4.79 Å². The van der Waals surface area contributed by atoms with Crippen LogP contribution < -0.4 is 10.6 Å². The van der Waals surface area contributed by atoms with E-state index in [0.717, 1.165) is 25.7 Å². The highest BCUT2D eigenvalue weighted by Gasteiger charge is 2.39. The summed E-state index contributed by atoms with van der Waals surface area (Å²) in [6.07, 6.45) is 3.15. The molecule has 0 aromatic carbocycles. The number of carbonyl (C=O) groups is 2. The van der Waals surface area contributed by atoms with Crippen molar-refractivity contribution in [1.82, 2.24) is 15.5 Å². The van der Waals surface area contributed by atoms with Gasteiger partial charge in [-0.1, -0.05) is 0 Å². The van der Waals surface area contributed by atoms with Crippen LogP contribution in [0, 0.1) is 5.92 Å². The maximum Gasteiger partial charge on any atom is 0.410 e. The summed E-state index contributed by atoms with van der Waals surface area (Å²) in [5, 5.41) is 6.89. The summed E-state index contributed by atoms with van der Waals surface area (Å²) in [7, 11) is 0. The molecule has 0 aromatic heterocycles. The van der Waals surface area contributed by atoms with Gasteiger partial charge in [-0.2, -0.15) is 0 Å². The molecule has 2 aliphatic heterocycles. The van der Waals surface area contributed by atoms with Crippen molar-refractivity contribution < 1.29 is 14.3 Å². The fourth-order valence-electron chi connectivity index (χ4n) is 4.43. The van der Waals surface area contributed by atoms with Gasteiger partial charge in [-0.15, -0.1) is 0 Å². The van der Waals surface area contributed by atoms with Crippen molar-refractivity contribution in [2.45, 2.75) is 96.9 Å². The average molecular weight is 368 g/mol. The third kappa shape index (κ3) is 6.15. The molecule has 0 aromatic rings. The first-order chi connectivity index (χ1) is 11.8. The van der Waals surface area contributed by atoms with E-state index in [-0.39, 0.29) is 35.0 Å². The zero-order chi connectivity index (χ0) is 19.8. The molecule has 2 fully saturated rings. The molecule has 0 saturated carbocycles. The number of likely N-dealkylation sites (tertiary alicyclic amines) is 1. The Balaban J connectivity index is 1.94. The van der Waals surface area contributed by atoms with Crippen molar-refractivity contribution in [1.29, 1.82) is 0 Å². The maximum atomic E-state index is 12.8. The Bertz CT molecular complexity index is 521. The molecular formula is C20H37N3O3. The summed E-state index contributed by atoms with van der Waals surface area (Å²) in [6, 6.07) is 0.158. The average Bonchev–Trinajstić information content (AvgIpc) is 2.42. The molecule has 26 heavy (non-hydrogen) atoms. The highest BCUT2D eigenvalue weighted by atomic mass is 16.6. The van der Waals surface area contributed by atoms with Crippen LogP contribution in [0.3, 0.4) is 0 Å². The van der Waals surface area contributed by atoms with E-state index in [2.05, 4.69) is 38.3 Å². The van der Waals surface area contributed by atoms with Crippen LogP contribution >= 0.6 is 0 Å². The van der Waals surface area contributed by atoms with Gasteiger partial charge in [0, 0.05) is 30.2 Å². The topological polar surface area (TPSA) is 70.7 Å². The van der Waals surface area contributed by atoms with E-state index in [0.29, 0.717) is 13.1 Å². The van der Waals surface area contributed by atoms with Crippen LogP contribution in [0.15, 0.2) is 0 Å². The lowest BCUT2D eigenvalue weighted by molar-refractivity contribution is -0.127. The number of nitrogens with one attached hydrogen (secondary N) is 2. The molecule has 2 heterocycles. The Labute approximate surface area is 158 Å². The van der Waals surface area contributed by atoms with E-state index in [1.54, 1.807) is 4.90 Å². The first kappa shape index (κ1) is 21.0. The summed E-state index contributed by atoms with van der Waals surface area (Å²) in [4.78, 5) is 26.8. The van der Waals surface area contributed by atoms with E-state index >= 15 is 0 Å². The van der Waals surface area contributed by atoms with Gasteiger partial charge in [0.1, 0.15) is 5.60 Å². The standard InChI is InChI=1S/C20H37N3O3/c1-18(2,3)26-17(25)23-10-8-9-14(13-23)16(24)21-15-11-19(4,5)22-20(6,7)12-15/h14-15,22H,8-13H2,1-7H3,(H,21,24). The number of amides is 2. The normalized spacial score (nSPS) is 26.3. The third-order valence-corrected chi connectivity index (χ3v) is 4.98. The molecule has 1 atom stereocenters. The second kappa shape index (κ2) is 7.37. The summed E-state index contributed by atoms with van der Waals surface area (Å²) in [5.74, 6) is -0.0888. The van der Waals surface area contributed by atoms with E-state index in [4.69, 9.17) is 4.74 Å². The molecular weight excluding hydrogens is 330 g/mol. The molecule has 2 N–H and O–H groups in total. The van der Waals surface area contributed by atoms with Gasteiger partial charge in [-0.05, 0) is 74.1 Å². The lowest BCUT2D eigenvalue weighted by Crippen LogP contribution is -2.62. The minimum atomic E-state index is -0.515. The quantitative estimate of drug-likeness (QED) is 0.787. The molecule has 0 aliphatic carbocycles. The Morgan fingerprint density at radius 2 is 1.69 bits per heavy atom. The van der Waals surface area contributed by atoms with Crippen LogP contribution in [-0.4, -0.2) is 52.7 Å². The number of carbonyl (C=O) groups excluding carboxylic acids is 2. The second-order valence-corrected chi connectivity index (χ2v) is 10.3.